The van der Waals surface area contributed by atoms with Crippen LogP contribution in [0.5, 0.6) is 0 Å². The zero-order valence-electron chi connectivity index (χ0n) is 27.4. The fraction of sp³-hybridized carbons (Fsp3) is 0. The number of fused-ring (bicyclic) bond motifs is 9. The molecule has 51 heavy (non-hydrogen) atoms. The molecule has 0 amide bonds. The van der Waals surface area contributed by atoms with Crippen LogP contribution in [0.25, 0.3) is 97.9 Å². The molecule has 7 aromatic carbocycles. The second-order valence-electron chi connectivity index (χ2n) is 13.0. The summed E-state index contributed by atoms with van der Waals surface area (Å²) in [7, 11) is 0. The quantitative estimate of drug-likeness (QED) is 0.187. The van der Waals surface area contributed by atoms with E-state index in [9.17, 15) is 0 Å². The minimum absolute atomic E-state index is 0.727. The third kappa shape index (κ3) is 4.25. The first-order valence-electron chi connectivity index (χ1n) is 17.2. The molecule has 0 radical (unpaired) electrons. The fourth-order valence-corrected chi connectivity index (χ4v) is 9.00. The summed E-state index contributed by atoms with van der Waals surface area (Å²) in [6.45, 7) is 0. The normalized spacial score (nSPS) is 11.9. The van der Waals surface area contributed by atoms with E-state index in [0.717, 1.165) is 49.8 Å². The predicted molar refractivity (Wildman–Crippen MR) is 214 cm³/mol. The van der Waals surface area contributed by atoms with Gasteiger partial charge in [0.25, 0.3) is 0 Å². The van der Waals surface area contributed by atoms with Crippen LogP contribution >= 0.6 is 11.3 Å². The molecule has 0 bridgehead atoms. The van der Waals surface area contributed by atoms with Gasteiger partial charge in [0.2, 0.25) is 0 Å². The molecule has 0 aliphatic heterocycles. The van der Waals surface area contributed by atoms with Crippen LogP contribution in [0.4, 0.5) is 0 Å². The van der Waals surface area contributed by atoms with Crippen molar-refractivity contribution in [1.82, 2.24) is 19.1 Å². The van der Waals surface area contributed by atoms with Crippen molar-refractivity contribution in [3.63, 3.8) is 0 Å². The standard InChI is InChI=1S/C46H28N4S/c1-2-14-31(15-3-1)49-40-23-10-6-19-35(40)37-28-30(25-26-41(37)49)45-47-44(43-36-20-7-11-24-42(36)51-46(43)48-45)29-13-12-16-32(27-29)50-38-21-8-4-17-33(38)34-18-5-9-22-39(34)50/h1-28H. The summed E-state index contributed by atoms with van der Waals surface area (Å²) in [5.41, 5.74) is 9.97. The van der Waals surface area contributed by atoms with Gasteiger partial charge in [-0.05, 0) is 66.7 Å². The van der Waals surface area contributed by atoms with Crippen molar-refractivity contribution in [1.29, 1.82) is 0 Å². The van der Waals surface area contributed by atoms with Crippen molar-refractivity contribution in [2.45, 2.75) is 0 Å². The average molecular weight is 669 g/mol. The molecule has 4 aromatic heterocycles. The van der Waals surface area contributed by atoms with Gasteiger partial charge in [-0.25, -0.2) is 9.97 Å². The van der Waals surface area contributed by atoms with Gasteiger partial charge in [0.1, 0.15) is 4.83 Å². The zero-order chi connectivity index (χ0) is 33.5. The van der Waals surface area contributed by atoms with Gasteiger partial charge < -0.3 is 9.13 Å². The van der Waals surface area contributed by atoms with E-state index in [4.69, 9.17) is 9.97 Å². The van der Waals surface area contributed by atoms with Crippen molar-refractivity contribution in [3.05, 3.63) is 170 Å². The lowest BCUT2D eigenvalue weighted by atomic mass is 10.0. The van der Waals surface area contributed by atoms with Gasteiger partial charge in [-0.1, -0.05) is 103 Å². The fourth-order valence-electron chi connectivity index (χ4n) is 7.92. The highest BCUT2D eigenvalue weighted by molar-refractivity contribution is 7.25. The van der Waals surface area contributed by atoms with Crippen molar-refractivity contribution in [2.75, 3.05) is 0 Å². The highest BCUT2D eigenvalue weighted by Gasteiger charge is 2.20. The Morgan fingerprint density at radius 1 is 0.392 bits per heavy atom. The van der Waals surface area contributed by atoms with Crippen LogP contribution < -0.4 is 0 Å². The first-order chi connectivity index (χ1) is 25.3. The highest BCUT2D eigenvalue weighted by Crippen LogP contribution is 2.41. The lowest BCUT2D eigenvalue weighted by Gasteiger charge is -2.12. The summed E-state index contributed by atoms with van der Waals surface area (Å²) < 4.78 is 5.92. The van der Waals surface area contributed by atoms with E-state index in [1.165, 1.54) is 48.2 Å². The van der Waals surface area contributed by atoms with Gasteiger partial charge in [0, 0.05) is 59.5 Å². The van der Waals surface area contributed by atoms with Gasteiger partial charge in [-0.2, -0.15) is 0 Å². The number of aromatic nitrogens is 4. The molecular weight excluding hydrogens is 641 g/mol. The number of benzene rings is 7. The molecule has 4 nitrogen and oxygen atoms in total. The van der Waals surface area contributed by atoms with Gasteiger partial charge >= 0.3 is 0 Å². The van der Waals surface area contributed by atoms with Gasteiger partial charge in [-0.3, -0.25) is 0 Å². The van der Waals surface area contributed by atoms with E-state index < -0.39 is 0 Å². The molecule has 4 heterocycles. The van der Waals surface area contributed by atoms with Crippen LogP contribution in [-0.4, -0.2) is 19.1 Å². The van der Waals surface area contributed by atoms with E-state index in [1.807, 2.05) is 0 Å². The summed E-state index contributed by atoms with van der Waals surface area (Å²) in [4.78, 5) is 11.7. The summed E-state index contributed by atoms with van der Waals surface area (Å²) in [5, 5.41) is 7.17. The number of thiophene rings is 1. The largest absolute Gasteiger partial charge is 0.309 e. The number of para-hydroxylation sites is 4. The molecular formula is C46H28N4S. The first kappa shape index (κ1) is 28.3. The number of hydrogen-bond acceptors (Lipinski definition) is 3. The highest BCUT2D eigenvalue weighted by atomic mass is 32.1. The second kappa shape index (κ2) is 11.0. The molecule has 11 aromatic rings. The molecule has 0 atom stereocenters. The molecule has 11 rings (SSSR count). The topological polar surface area (TPSA) is 35.6 Å². The summed E-state index contributed by atoms with van der Waals surface area (Å²) in [5.74, 6) is 0.727. The summed E-state index contributed by atoms with van der Waals surface area (Å²) in [6.07, 6.45) is 0. The van der Waals surface area contributed by atoms with Crippen LogP contribution in [0.3, 0.4) is 0 Å². The molecule has 0 saturated heterocycles. The Labute approximate surface area is 297 Å². The molecule has 0 aliphatic rings. The van der Waals surface area contributed by atoms with Gasteiger partial charge in [-0.15, -0.1) is 11.3 Å². The van der Waals surface area contributed by atoms with Crippen LogP contribution in [0, 0.1) is 0 Å². The minimum atomic E-state index is 0.727. The van der Waals surface area contributed by atoms with Crippen LogP contribution in [0.1, 0.15) is 0 Å². The second-order valence-corrected chi connectivity index (χ2v) is 14.0. The van der Waals surface area contributed by atoms with Crippen LogP contribution in [0.2, 0.25) is 0 Å². The van der Waals surface area contributed by atoms with Crippen molar-refractivity contribution in [2.24, 2.45) is 0 Å². The Bertz CT molecular complexity index is 3090. The van der Waals surface area contributed by atoms with Crippen molar-refractivity contribution < 1.29 is 0 Å². The smallest absolute Gasteiger partial charge is 0.161 e. The Morgan fingerprint density at radius 2 is 0.961 bits per heavy atom. The molecule has 0 spiro atoms. The van der Waals surface area contributed by atoms with Crippen molar-refractivity contribution in [3.8, 4) is 34.0 Å². The number of rotatable bonds is 4. The summed E-state index contributed by atoms with van der Waals surface area (Å²) >= 11 is 1.73. The molecule has 0 fully saturated rings. The molecule has 0 N–H and O–H groups in total. The maximum absolute atomic E-state index is 5.44. The lowest BCUT2D eigenvalue weighted by Crippen LogP contribution is -1.97. The predicted octanol–water partition coefficient (Wildman–Crippen LogP) is 12.4. The molecule has 238 valence electrons. The van der Waals surface area contributed by atoms with E-state index in [-0.39, 0.29) is 0 Å². The van der Waals surface area contributed by atoms with E-state index in [1.54, 1.807) is 11.3 Å². The molecule has 0 saturated carbocycles. The molecule has 0 unspecified atom stereocenters. The third-order valence-electron chi connectivity index (χ3n) is 10.1. The first-order valence-corrected chi connectivity index (χ1v) is 18.0. The van der Waals surface area contributed by atoms with Crippen LogP contribution in [-0.2, 0) is 0 Å². The Balaban J connectivity index is 1.15. The summed E-state index contributed by atoms with van der Waals surface area (Å²) in [6, 6.07) is 60.6. The Morgan fingerprint density at radius 3 is 1.69 bits per heavy atom. The third-order valence-corrected chi connectivity index (χ3v) is 11.2. The maximum Gasteiger partial charge on any atom is 0.161 e. The Kier molecular flexibility index (Phi) is 6.09. The van der Waals surface area contributed by atoms with E-state index in [0.29, 0.717) is 0 Å². The van der Waals surface area contributed by atoms with Gasteiger partial charge in [0.15, 0.2) is 5.82 Å². The van der Waals surface area contributed by atoms with E-state index >= 15 is 0 Å². The average Bonchev–Trinajstić information content (AvgIpc) is 3.85. The monoisotopic (exact) mass is 668 g/mol. The van der Waals surface area contributed by atoms with Gasteiger partial charge in [0.05, 0.1) is 27.8 Å². The van der Waals surface area contributed by atoms with Crippen molar-refractivity contribution >= 4 is 75.3 Å². The Hall–Kier alpha value is -6.56. The lowest BCUT2D eigenvalue weighted by molar-refractivity contribution is 1.17. The van der Waals surface area contributed by atoms with Crippen LogP contribution in [0.15, 0.2) is 170 Å². The van der Waals surface area contributed by atoms with E-state index in [2.05, 4.69) is 179 Å². The number of nitrogens with zero attached hydrogens (tertiary/aromatic N) is 4. The SMILES string of the molecule is c1ccc(-n2c3ccccc3c3cc(-c4nc(-c5cccc(-n6c7ccccc7c7ccccc76)c5)c5c(n4)sc4ccccc45)ccc32)cc1. The zero-order valence-corrected chi connectivity index (χ0v) is 28.2. The molecule has 5 heteroatoms. The minimum Gasteiger partial charge on any atom is -0.309 e. The molecule has 0 aliphatic carbocycles. The number of hydrogen-bond donors (Lipinski definition) is 0. The maximum atomic E-state index is 5.44.